The van der Waals surface area contributed by atoms with Crippen molar-refractivity contribution in [3.8, 4) is 0 Å². The van der Waals surface area contributed by atoms with Crippen molar-refractivity contribution < 1.29 is 65.3 Å². The summed E-state index contributed by atoms with van der Waals surface area (Å²) in [7, 11) is 0. The van der Waals surface area contributed by atoms with Crippen LogP contribution in [0.3, 0.4) is 0 Å². The number of H-pyrrole nitrogens is 1. The Bertz CT molecular complexity index is 2750. The molecule has 428 valence electrons. The first-order chi connectivity index (χ1) is 37.2. The zero-order valence-electron chi connectivity index (χ0n) is 43.7. The van der Waals surface area contributed by atoms with E-state index in [-0.39, 0.29) is 61.8 Å². The van der Waals surface area contributed by atoms with Crippen LogP contribution in [-0.4, -0.2) is 136 Å². The number of aliphatic hydroxyl groups is 1. The van der Waals surface area contributed by atoms with Crippen LogP contribution in [0.15, 0.2) is 102 Å². The predicted octanol–water partition coefficient (Wildman–Crippen LogP) is -3.50. The van der Waals surface area contributed by atoms with Gasteiger partial charge in [-0.1, -0.05) is 44.2 Å². The molecule has 0 saturated carbocycles. The summed E-state index contributed by atoms with van der Waals surface area (Å²) in [5.41, 5.74) is 41.9. The van der Waals surface area contributed by atoms with Crippen molar-refractivity contribution in [3.63, 3.8) is 0 Å². The molecule has 3 aromatic carbocycles. The van der Waals surface area contributed by atoms with Crippen LogP contribution >= 0.6 is 0 Å². The van der Waals surface area contributed by atoms with Crippen molar-refractivity contribution in [2.45, 2.75) is 101 Å². The molecule has 28 heteroatoms. The van der Waals surface area contributed by atoms with Gasteiger partial charge in [-0.3, -0.25) is 48.1 Å². The number of aliphatic hydroxyl groups excluding tert-OH is 1. The van der Waals surface area contributed by atoms with Gasteiger partial charge in [0.1, 0.15) is 36.3 Å². The van der Waals surface area contributed by atoms with Gasteiger partial charge < -0.3 is 86.4 Å². The summed E-state index contributed by atoms with van der Waals surface area (Å²) in [5.74, 6) is -9.82. The molecule has 2 aliphatic heterocycles. The monoisotopic (exact) mass is 1140 g/mol. The number of hydrogen-bond donors (Lipinski definition) is 15. The molecule has 1 fully saturated rings. The molecular weight excluding hydrogens is 1070 g/mol. The molecule has 2 aliphatic rings. The molecule has 1 saturated heterocycles. The number of nitrogens with one attached hydrogen (secondary N) is 8. The number of nitrogens with zero attached hydrogens (tertiary/aromatic N) is 3. The van der Waals surface area contributed by atoms with Gasteiger partial charge in [-0.2, -0.15) is 48.0 Å². The van der Waals surface area contributed by atoms with Gasteiger partial charge in [0, 0.05) is 54.4 Å². The zero-order valence-corrected chi connectivity index (χ0v) is 44.8. The molecule has 6 rings (SSSR count). The minimum absolute atomic E-state index is 0. The first kappa shape index (κ1) is 63.2. The maximum absolute atomic E-state index is 15.1. The fourth-order valence-corrected chi connectivity index (χ4v) is 8.69. The van der Waals surface area contributed by atoms with Gasteiger partial charge in [-0.05, 0) is 36.8 Å². The number of aliphatic imine (C=N–C) groups is 1. The van der Waals surface area contributed by atoms with Crippen molar-refractivity contribution in [1.82, 2.24) is 47.4 Å². The normalized spacial score (nSPS) is 17.2. The first-order valence-corrected chi connectivity index (χ1v) is 25.3. The molecular formula is C51H71FeN17O10. The summed E-state index contributed by atoms with van der Waals surface area (Å²) in [6.07, 6.45) is 2.44. The fraction of sp³-hybridized carbons (Fsp3) is 0.412. The van der Waals surface area contributed by atoms with Crippen LogP contribution in [0.1, 0.15) is 57.9 Å². The van der Waals surface area contributed by atoms with Gasteiger partial charge in [0.15, 0.2) is 5.96 Å². The number of aromatic amines is 1. The minimum Gasteiger partial charge on any atom is -0.394 e. The van der Waals surface area contributed by atoms with Crippen molar-refractivity contribution in [2.24, 2.45) is 51.2 Å². The Hall–Kier alpha value is -8.30. The van der Waals surface area contributed by atoms with E-state index < -0.39 is 127 Å². The molecule has 3 heterocycles. The number of hydrazine groups is 2. The second-order valence-electron chi connectivity index (χ2n) is 18.9. The fourth-order valence-electron chi connectivity index (χ4n) is 8.69. The molecule has 1 unspecified atom stereocenters. The third kappa shape index (κ3) is 18.4. The first-order valence-electron chi connectivity index (χ1n) is 25.3. The average Bonchev–Trinajstić information content (AvgIpc) is 4.30. The van der Waals surface area contributed by atoms with Crippen LogP contribution in [0.4, 0.5) is 5.69 Å². The Balaban J connectivity index is 0.00000212. The van der Waals surface area contributed by atoms with Crippen molar-refractivity contribution in [2.75, 3.05) is 24.7 Å². The molecule has 27 nitrogen and oxygen atoms in total. The minimum atomic E-state index is -1.76. The number of likely N-dealkylation sites (tertiary alicyclic amines) is 1. The van der Waals surface area contributed by atoms with E-state index in [1.165, 1.54) is 4.90 Å². The molecule has 21 N–H and O–H groups in total. The van der Waals surface area contributed by atoms with Crippen LogP contribution in [0.5, 0.6) is 0 Å². The van der Waals surface area contributed by atoms with Crippen molar-refractivity contribution in [3.05, 3.63) is 103 Å². The average molecular weight is 1140 g/mol. The molecule has 9 amide bonds. The van der Waals surface area contributed by atoms with Crippen molar-refractivity contribution >= 4 is 75.7 Å². The summed E-state index contributed by atoms with van der Waals surface area (Å²) in [6.45, 7) is 2.65. The Kier molecular flexibility index (Phi) is 24.5. The number of carbonyl (C=O) groups excluding carboxylic acids is 9. The predicted molar refractivity (Wildman–Crippen MR) is 287 cm³/mol. The Morgan fingerprint density at radius 1 is 0.797 bits per heavy atom. The molecule has 9 atom stereocenters. The largest absolute Gasteiger partial charge is 2.00 e. The van der Waals surface area contributed by atoms with E-state index in [2.05, 4.69) is 47.5 Å². The molecule has 79 heavy (non-hydrogen) atoms. The Labute approximate surface area is 466 Å². The second kappa shape index (κ2) is 30.6. The number of rotatable bonds is 27. The number of aromatic nitrogens is 1. The summed E-state index contributed by atoms with van der Waals surface area (Å²) < 4.78 is 0. The van der Waals surface area contributed by atoms with Crippen LogP contribution < -0.4 is 77.0 Å². The van der Waals surface area contributed by atoms with Crippen LogP contribution in [-0.2, 0) is 66.6 Å². The van der Waals surface area contributed by atoms with Gasteiger partial charge in [0.05, 0.1) is 25.5 Å². The molecule has 1 aromatic heterocycles. The smallest absolute Gasteiger partial charge is 0.394 e. The zero-order chi connectivity index (χ0) is 57.1. The van der Waals surface area contributed by atoms with E-state index in [9.17, 15) is 43.5 Å². The number of fused-ring (bicyclic) bond motifs is 1. The maximum Gasteiger partial charge on any atom is 2.00 e. The van der Waals surface area contributed by atoms with E-state index >= 15 is 4.79 Å². The number of para-hydroxylation sites is 1. The summed E-state index contributed by atoms with van der Waals surface area (Å²) in [4.78, 5) is 130. The quantitative estimate of drug-likeness (QED) is 0.00906. The molecule has 4 aromatic rings. The number of amides is 9. The van der Waals surface area contributed by atoms with E-state index in [1.807, 2.05) is 72.8 Å². The van der Waals surface area contributed by atoms with Gasteiger partial charge in [0.2, 0.25) is 53.2 Å². The second-order valence-corrected chi connectivity index (χ2v) is 18.9. The molecule has 0 spiro atoms. The molecule has 0 bridgehead atoms. The Morgan fingerprint density at radius 2 is 1.43 bits per heavy atom. The van der Waals surface area contributed by atoms with Gasteiger partial charge in [0.25, 0.3) is 0 Å². The van der Waals surface area contributed by atoms with Crippen LogP contribution in [0.2, 0.25) is 0 Å². The number of guanidine groups is 1. The van der Waals surface area contributed by atoms with Crippen LogP contribution in [0.25, 0.3) is 10.9 Å². The number of anilines is 1. The Morgan fingerprint density at radius 3 is 2.01 bits per heavy atom. The van der Waals surface area contributed by atoms with Crippen molar-refractivity contribution in [1.29, 1.82) is 0 Å². The van der Waals surface area contributed by atoms with Gasteiger partial charge in [-0.15, -0.1) is 0 Å². The van der Waals surface area contributed by atoms with Gasteiger partial charge >= 0.3 is 17.1 Å². The topological polar surface area (TPSA) is 449 Å². The SMILES string of the molecule is CC[C@H](C)[C@H](NC(=O)[C@H](CC(N)=O)NC(=O)[C@H](CC(N)=O)NC(=O)[C@@H](N)CCCN=C(N)N)C(=O)N1CC(C2=CN(c3cc[cH-]c3)NN2)C[C@H]1C(=O)N[C@@H](Cc1c[nH]c2ccccc12)C(=O)N[C@@H](CO)C(N)=O.[Fe+2].c1cc[cH-]c1. The number of carbonyl (C=O) groups is 9. The molecule has 0 radical (unpaired) electrons. The number of hydrogen-bond acceptors (Lipinski definition) is 15. The summed E-state index contributed by atoms with van der Waals surface area (Å²) in [6, 6.07) is 14.4. The standard InChI is InChI=1S/C46H66N17O10.C5H5.Fe/c1-3-23(2)38(59-43(71)32(18-37(49)66)56-42(70)31(17-36(48)65)55-40(68)28(47)12-8-14-53-46(51)52)45(73)62-20-25(33-21-63(61-60-33)26-9-4-5-10-26)16-35(62)44(72)57-30(41(69)58-34(22-64)39(50)67)15-24-19-54-29-13-7-6-11-27(24)29;1-2-4-5-3-1;/h4-7,9-11,13,19,21,23,25,28,30-32,34-35,38,54,60-61,64H,3,8,12,14-18,20,22,47H2,1-2H3,(H2,48,65)(H2,49,66)(H2,50,67)(H,55,68)(H,56,70)(H,57,72)(H,58,69)(H,59,71)(H4,51,52,53);1-5H;/q2*-1;+2/t23-,25?,28-,30-,31-,32-,34-,35-,38-;;/m0../s1. The third-order valence-electron chi connectivity index (χ3n) is 13.1. The van der Waals surface area contributed by atoms with E-state index in [4.69, 9.17) is 34.4 Å². The maximum atomic E-state index is 15.1. The number of nitrogens with two attached hydrogens (primary N) is 6. The molecule has 0 aliphatic carbocycles. The number of primary amides is 3. The summed E-state index contributed by atoms with van der Waals surface area (Å²) in [5, 5.41) is 24.8. The van der Waals surface area contributed by atoms with Crippen LogP contribution in [0, 0.1) is 11.8 Å². The van der Waals surface area contributed by atoms with E-state index in [1.54, 1.807) is 37.3 Å². The van der Waals surface area contributed by atoms with E-state index in [0.29, 0.717) is 17.7 Å². The summed E-state index contributed by atoms with van der Waals surface area (Å²) >= 11 is 0. The number of benzene rings is 1. The third-order valence-corrected chi connectivity index (χ3v) is 13.1. The van der Waals surface area contributed by atoms with E-state index in [0.717, 1.165) is 16.6 Å². The van der Waals surface area contributed by atoms with Gasteiger partial charge in [-0.25, -0.2) is 12.1 Å².